The molecule has 3 N–H and O–H groups in total. The molecule has 1 aromatic heterocycles. The predicted molar refractivity (Wildman–Crippen MR) is 79.3 cm³/mol. The second-order valence-corrected chi connectivity index (χ2v) is 5.34. The molecule has 0 aliphatic carbocycles. The number of aromatic nitrogens is 1. The van der Waals surface area contributed by atoms with Crippen LogP contribution in [-0.2, 0) is 6.54 Å². The normalized spacial score (nSPS) is 17.1. The molecule has 1 saturated heterocycles. The second-order valence-electron chi connectivity index (χ2n) is 5.34. The molecule has 5 nitrogen and oxygen atoms in total. The Bertz CT molecular complexity index is 424. The molecule has 0 saturated carbocycles. The third kappa shape index (κ3) is 4.02. The fraction of sp³-hybridized carbons (Fsp3) is 0.600. The minimum absolute atomic E-state index is 0.0912. The third-order valence-electron chi connectivity index (χ3n) is 4.00. The van der Waals surface area contributed by atoms with Gasteiger partial charge in [0.2, 0.25) is 0 Å². The van der Waals surface area contributed by atoms with Crippen LogP contribution in [0.25, 0.3) is 0 Å². The number of carbonyl (C=O) groups is 1. The zero-order chi connectivity index (χ0) is 14.4. The molecule has 1 aromatic rings. The van der Waals surface area contributed by atoms with Crippen molar-refractivity contribution in [1.82, 2.24) is 15.2 Å². The van der Waals surface area contributed by atoms with Crippen molar-refractivity contribution in [1.29, 1.82) is 0 Å². The molecule has 2 heterocycles. The molecule has 5 heteroatoms. The summed E-state index contributed by atoms with van der Waals surface area (Å²) >= 11 is 0. The number of rotatable bonds is 5. The number of likely N-dealkylation sites (tertiary alicyclic amines) is 1. The van der Waals surface area contributed by atoms with Gasteiger partial charge in [0.1, 0.15) is 5.69 Å². The lowest BCUT2D eigenvalue weighted by molar-refractivity contribution is 0.0932. The summed E-state index contributed by atoms with van der Waals surface area (Å²) in [5, 5.41) is 2.99. The molecule has 2 rings (SSSR count). The Balaban J connectivity index is 1.77. The SMILES string of the molecule is CCN1CCC(CNC(=O)c2ccc(CN)cn2)CC1. The van der Waals surface area contributed by atoms with Gasteiger partial charge >= 0.3 is 0 Å². The summed E-state index contributed by atoms with van der Waals surface area (Å²) in [7, 11) is 0. The summed E-state index contributed by atoms with van der Waals surface area (Å²) in [5.41, 5.74) is 6.91. The third-order valence-corrected chi connectivity index (χ3v) is 4.00. The Morgan fingerprint density at radius 2 is 2.20 bits per heavy atom. The van der Waals surface area contributed by atoms with Crippen LogP contribution < -0.4 is 11.1 Å². The number of carbonyl (C=O) groups excluding carboxylic acids is 1. The van der Waals surface area contributed by atoms with Gasteiger partial charge in [-0.1, -0.05) is 13.0 Å². The zero-order valence-corrected chi connectivity index (χ0v) is 12.1. The highest BCUT2D eigenvalue weighted by atomic mass is 16.1. The lowest BCUT2D eigenvalue weighted by Crippen LogP contribution is -2.38. The van der Waals surface area contributed by atoms with Crippen molar-refractivity contribution in [3.05, 3.63) is 29.6 Å². The molecule has 0 atom stereocenters. The van der Waals surface area contributed by atoms with E-state index in [2.05, 4.69) is 22.1 Å². The maximum Gasteiger partial charge on any atom is 0.269 e. The van der Waals surface area contributed by atoms with Gasteiger partial charge in [0.15, 0.2) is 0 Å². The monoisotopic (exact) mass is 276 g/mol. The van der Waals surface area contributed by atoms with Gasteiger partial charge in [0, 0.05) is 19.3 Å². The van der Waals surface area contributed by atoms with Crippen molar-refractivity contribution in [2.45, 2.75) is 26.3 Å². The molecule has 0 radical (unpaired) electrons. The molecule has 1 aliphatic rings. The van der Waals surface area contributed by atoms with Crippen LogP contribution in [0.4, 0.5) is 0 Å². The van der Waals surface area contributed by atoms with E-state index in [4.69, 9.17) is 5.73 Å². The van der Waals surface area contributed by atoms with E-state index in [1.54, 1.807) is 12.3 Å². The van der Waals surface area contributed by atoms with Crippen molar-refractivity contribution < 1.29 is 4.79 Å². The van der Waals surface area contributed by atoms with E-state index in [0.717, 1.165) is 44.6 Å². The lowest BCUT2D eigenvalue weighted by Gasteiger charge is -2.30. The number of hydrogen-bond donors (Lipinski definition) is 2. The first-order valence-electron chi connectivity index (χ1n) is 7.38. The lowest BCUT2D eigenvalue weighted by atomic mass is 9.97. The van der Waals surface area contributed by atoms with Crippen LogP contribution in [-0.4, -0.2) is 42.0 Å². The van der Waals surface area contributed by atoms with E-state index in [9.17, 15) is 4.79 Å². The van der Waals surface area contributed by atoms with Gasteiger partial charge in [-0.2, -0.15) is 0 Å². The zero-order valence-electron chi connectivity index (χ0n) is 12.1. The Morgan fingerprint density at radius 3 is 2.75 bits per heavy atom. The number of nitrogens with two attached hydrogens (primary N) is 1. The van der Waals surface area contributed by atoms with Gasteiger partial charge in [0.05, 0.1) is 0 Å². The molecule has 1 fully saturated rings. The molecular formula is C15H24N4O. The summed E-state index contributed by atoms with van der Waals surface area (Å²) in [6.07, 6.45) is 3.98. The van der Waals surface area contributed by atoms with Gasteiger partial charge < -0.3 is 16.0 Å². The smallest absolute Gasteiger partial charge is 0.269 e. The molecule has 1 amide bonds. The van der Waals surface area contributed by atoms with Gasteiger partial charge in [-0.3, -0.25) is 9.78 Å². The van der Waals surface area contributed by atoms with E-state index in [0.29, 0.717) is 18.2 Å². The maximum absolute atomic E-state index is 12.0. The van der Waals surface area contributed by atoms with E-state index in [1.807, 2.05) is 6.07 Å². The van der Waals surface area contributed by atoms with Crippen molar-refractivity contribution in [3.8, 4) is 0 Å². The molecule has 1 aliphatic heterocycles. The molecular weight excluding hydrogens is 252 g/mol. The maximum atomic E-state index is 12.0. The summed E-state index contributed by atoms with van der Waals surface area (Å²) in [6.45, 7) is 6.79. The second kappa shape index (κ2) is 7.36. The highest BCUT2D eigenvalue weighted by Gasteiger charge is 2.18. The van der Waals surface area contributed by atoms with Crippen molar-refractivity contribution in [2.75, 3.05) is 26.2 Å². The Labute approximate surface area is 120 Å². The van der Waals surface area contributed by atoms with Gasteiger partial charge in [-0.25, -0.2) is 0 Å². The molecule has 0 unspecified atom stereocenters. The first-order valence-corrected chi connectivity index (χ1v) is 7.38. The quantitative estimate of drug-likeness (QED) is 0.841. The van der Waals surface area contributed by atoms with Crippen LogP contribution in [0.1, 0.15) is 35.8 Å². The van der Waals surface area contributed by atoms with Crippen LogP contribution >= 0.6 is 0 Å². The van der Waals surface area contributed by atoms with E-state index >= 15 is 0 Å². The van der Waals surface area contributed by atoms with Crippen molar-refractivity contribution in [2.24, 2.45) is 11.7 Å². The predicted octanol–water partition coefficient (Wildman–Crippen LogP) is 1.00. The number of piperidine rings is 1. The first kappa shape index (κ1) is 14.9. The number of amides is 1. The molecule has 20 heavy (non-hydrogen) atoms. The molecule has 0 spiro atoms. The first-order chi connectivity index (χ1) is 9.72. The van der Waals surface area contributed by atoms with Gasteiger partial charge in [-0.05, 0) is 50.0 Å². The number of pyridine rings is 1. The Hall–Kier alpha value is -1.46. The van der Waals surface area contributed by atoms with Crippen LogP contribution in [0.15, 0.2) is 18.3 Å². The summed E-state index contributed by atoms with van der Waals surface area (Å²) in [4.78, 5) is 18.6. The van der Waals surface area contributed by atoms with Crippen LogP contribution in [0, 0.1) is 5.92 Å². The Morgan fingerprint density at radius 1 is 1.45 bits per heavy atom. The summed E-state index contributed by atoms with van der Waals surface area (Å²) < 4.78 is 0. The van der Waals surface area contributed by atoms with E-state index in [1.165, 1.54) is 0 Å². The molecule has 110 valence electrons. The average molecular weight is 276 g/mol. The summed E-state index contributed by atoms with van der Waals surface area (Å²) in [5.74, 6) is 0.497. The van der Waals surface area contributed by atoms with Gasteiger partial charge in [-0.15, -0.1) is 0 Å². The minimum Gasteiger partial charge on any atom is -0.350 e. The van der Waals surface area contributed by atoms with E-state index < -0.39 is 0 Å². The Kier molecular flexibility index (Phi) is 5.49. The van der Waals surface area contributed by atoms with Gasteiger partial charge in [0.25, 0.3) is 5.91 Å². The minimum atomic E-state index is -0.0912. The number of hydrogen-bond acceptors (Lipinski definition) is 4. The largest absolute Gasteiger partial charge is 0.350 e. The number of nitrogens with zero attached hydrogens (tertiary/aromatic N) is 2. The van der Waals surface area contributed by atoms with Crippen LogP contribution in [0.2, 0.25) is 0 Å². The number of nitrogens with one attached hydrogen (secondary N) is 1. The average Bonchev–Trinajstić information content (AvgIpc) is 2.53. The summed E-state index contributed by atoms with van der Waals surface area (Å²) in [6, 6.07) is 3.58. The highest BCUT2D eigenvalue weighted by Crippen LogP contribution is 2.15. The molecule has 0 aromatic carbocycles. The van der Waals surface area contributed by atoms with Crippen molar-refractivity contribution >= 4 is 5.91 Å². The topological polar surface area (TPSA) is 71.2 Å². The fourth-order valence-electron chi connectivity index (χ4n) is 2.51. The van der Waals surface area contributed by atoms with Crippen molar-refractivity contribution in [3.63, 3.8) is 0 Å². The van der Waals surface area contributed by atoms with Crippen LogP contribution in [0.3, 0.4) is 0 Å². The molecule has 0 bridgehead atoms. The fourth-order valence-corrected chi connectivity index (χ4v) is 2.51. The highest BCUT2D eigenvalue weighted by molar-refractivity contribution is 5.92. The van der Waals surface area contributed by atoms with E-state index in [-0.39, 0.29) is 5.91 Å². The van der Waals surface area contributed by atoms with Crippen LogP contribution in [0.5, 0.6) is 0 Å². The standard InChI is InChI=1S/C15H24N4O/c1-2-19-7-5-12(6-8-19)10-18-15(20)14-4-3-13(9-16)11-17-14/h3-4,11-12H,2,5-10,16H2,1H3,(H,18,20).